The summed E-state index contributed by atoms with van der Waals surface area (Å²) in [5, 5.41) is 4.53. The number of imide groups is 1. The van der Waals surface area contributed by atoms with Crippen LogP contribution in [0.15, 0.2) is 24.3 Å². The number of carbonyl (C=O) groups excluding carboxylic acids is 2. The van der Waals surface area contributed by atoms with E-state index in [1.807, 2.05) is 24.3 Å². The van der Waals surface area contributed by atoms with Crippen LogP contribution < -0.4 is 15.4 Å². The average Bonchev–Trinajstić information content (AvgIpc) is 2.45. The van der Waals surface area contributed by atoms with E-state index in [1.54, 1.807) is 21.0 Å². The van der Waals surface area contributed by atoms with Crippen LogP contribution in [0.4, 0.5) is 4.79 Å². The molecule has 1 aromatic carbocycles. The highest BCUT2D eigenvalue weighted by Crippen LogP contribution is 2.21. The Morgan fingerprint density at radius 3 is 2.80 bits per heavy atom. The largest absolute Gasteiger partial charge is 0.497 e. The number of urea groups is 1. The van der Waals surface area contributed by atoms with E-state index in [1.165, 1.54) is 11.8 Å². The number of hydrogen-bond acceptors (Lipinski definition) is 4. The van der Waals surface area contributed by atoms with Crippen molar-refractivity contribution in [3.8, 4) is 5.75 Å². The normalized spacial score (nSPS) is 11.6. The van der Waals surface area contributed by atoms with Crippen LogP contribution in [0, 0.1) is 0 Å². The molecule has 0 bridgehead atoms. The Hall–Kier alpha value is -1.69. The number of hydrogen-bond donors (Lipinski definition) is 2. The highest BCUT2D eigenvalue weighted by molar-refractivity contribution is 7.99. The number of rotatable bonds is 6. The lowest BCUT2D eigenvalue weighted by molar-refractivity contribution is -0.119. The van der Waals surface area contributed by atoms with E-state index in [2.05, 4.69) is 10.6 Å². The monoisotopic (exact) mass is 296 g/mol. The molecule has 0 aliphatic rings. The molecular formula is C14H20N2O3S. The van der Waals surface area contributed by atoms with Gasteiger partial charge in [-0.05, 0) is 31.5 Å². The molecule has 1 aromatic rings. The third-order valence-electron chi connectivity index (χ3n) is 2.58. The first-order valence-electron chi connectivity index (χ1n) is 6.40. The predicted molar refractivity (Wildman–Crippen MR) is 81.0 cm³/mol. The quantitative estimate of drug-likeness (QED) is 0.844. The summed E-state index contributed by atoms with van der Waals surface area (Å²) in [6.07, 6.45) is 0. The van der Waals surface area contributed by atoms with Crippen LogP contribution in [0.2, 0.25) is 0 Å². The van der Waals surface area contributed by atoms with Crippen molar-refractivity contribution in [2.45, 2.75) is 24.9 Å². The van der Waals surface area contributed by atoms with E-state index >= 15 is 0 Å². The van der Waals surface area contributed by atoms with Gasteiger partial charge in [-0.2, -0.15) is 0 Å². The Balaban J connectivity index is 2.43. The van der Waals surface area contributed by atoms with Crippen molar-refractivity contribution in [2.75, 3.05) is 13.7 Å². The van der Waals surface area contributed by atoms with Gasteiger partial charge in [-0.3, -0.25) is 10.1 Å². The van der Waals surface area contributed by atoms with Crippen LogP contribution in [0.5, 0.6) is 5.75 Å². The topological polar surface area (TPSA) is 67.4 Å². The van der Waals surface area contributed by atoms with E-state index in [4.69, 9.17) is 4.74 Å². The lowest BCUT2D eigenvalue weighted by Gasteiger charge is -2.11. The minimum atomic E-state index is -0.452. The van der Waals surface area contributed by atoms with Gasteiger partial charge in [-0.25, -0.2) is 4.79 Å². The molecule has 0 spiro atoms. The van der Waals surface area contributed by atoms with Gasteiger partial charge in [0.2, 0.25) is 5.91 Å². The van der Waals surface area contributed by atoms with Crippen molar-refractivity contribution in [3.05, 3.63) is 29.8 Å². The maximum atomic E-state index is 11.8. The molecule has 5 nitrogen and oxygen atoms in total. The van der Waals surface area contributed by atoms with Gasteiger partial charge < -0.3 is 10.1 Å². The Bertz CT molecular complexity index is 465. The Morgan fingerprint density at radius 2 is 2.15 bits per heavy atom. The number of thioether (sulfide) groups is 1. The van der Waals surface area contributed by atoms with Crippen molar-refractivity contribution in [1.29, 1.82) is 0 Å². The Kier molecular flexibility index (Phi) is 6.93. The highest BCUT2D eigenvalue weighted by Gasteiger charge is 2.15. The van der Waals surface area contributed by atoms with Crippen LogP contribution in [0.3, 0.4) is 0 Å². The van der Waals surface area contributed by atoms with Crippen molar-refractivity contribution < 1.29 is 14.3 Å². The van der Waals surface area contributed by atoms with Crippen molar-refractivity contribution >= 4 is 23.7 Å². The first-order valence-corrected chi connectivity index (χ1v) is 7.45. The van der Waals surface area contributed by atoms with Gasteiger partial charge >= 0.3 is 6.03 Å². The van der Waals surface area contributed by atoms with Gasteiger partial charge in [-0.15, -0.1) is 11.8 Å². The summed E-state index contributed by atoms with van der Waals surface area (Å²) in [7, 11) is 1.62. The smallest absolute Gasteiger partial charge is 0.321 e. The molecule has 0 aliphatic carbocycles. The number of methoxy groups -OCH3 is 1. The van der Waals surface area contributed by atoms with E-state index in [-0.39, 0.29) is 11.2 Å². The van der Waals surface area contributed by atoms with Gasteiger partial charge in [-0.1, -0.05) is 12.1 Å². The molecule has 0 heterocycles. The summed E-state index contributed by atoms with van der Waals surface area (Å²) in [6.45, 7) is 4.06. The molecule has 1 unspecified atom stereocenters. The molecule has 20 heavy (non-hydrogen) atoms. The second-order valence-electron chi connectivity index (χ2n) is 4.15. The molecule has 0 aromatic heterocycles. The van der Waals surface area contributed by atoms with Crippen molar-refractivity contribution in [3.63, 3.8) is 0 Å². The summed E-state index contributed by atoms with van der Waals surface area (Å²) < 4.78 is 5.15. The molecule has 0 radical (unpaired) electrons. The van der Waals surface area contributed by atoms with Gasteiger partial charge in [0.25, 0.3) is 0 Å². The van der Waals surface area contributed by atoms with Gasteiger partial charge in [0.1, 0.15) is 5.75 Å². The zero-order valence-corrected chi connectivity index (χ0v) is 12.8. The molecule has 2 N–H and O–H groups in total. The fourth-order valence-electron chi connectivity index (χ4n) is 1.48. The third-order valence-corrected chi connectivity index (χ3v) is 3.79. The molecule has 1 rings (SSSR count). The Labute approximate surface area is 123 Å². The second-order valence-corrected chi connectivity index (χ2v) is 5.48. The van der Waals surface area contributed by atoms with Gasteiger partial charge in [0.05, 0.1) is 12.4 Å². The number of amides is 3. The van der Waals surface area contributed by atoms with Crippen molar-refractivity contribution in [1.82, 2.24) is 10.6 Å². The molecule has 0 fully saturated rings. The molecule has 110 valence electrons. The fraction of sp³-hybridized carbons (Fsp3) is 0.429. The van der Waals surface area contributed by atoms with Crippen molar-refractivity contribution in [2.24, 2.45) is 0 Å². The molecular weight excluding hydrogens is 276 g/mol. The van der Waals surface area contributed by atoms with Crippen LogP contribution in [-0.4, -0.2) is 30.8 Å². The average molecular weight is 296 g/mol. The van der Waals surface area contributed by atoms with Gasteiger partial charge in [0, 0.05) is 12.3 Å². The third kappa shape index (κ3) is 5.52. The minimum Gasteiger partial charge on any atom is -0.497 e. The van der Waals surface area contributed by atoms with Gasteiger partial charge in [0.15, 0.2) is 0 Å². The molecule has 0 aliphatic heterocycles. The number of carbonyl (C=O) groups is 2. The summed E-state index contributed by atoms with van der Waals surface area (Å²) in [4.78, 5) is 23.0. The summed E-state index contributed by atoms with van der Waals surface area (Å²) >= 11 is 1.47. The molecule has 6 heteroatoms. The van der Waals surface area contributed by atoms with Crippen LogP contribution in [0.1, 0.15) is 19.4 Å². The standard InChI is InChI=1S/C14H20N2O3S/c1-4-15-14(18)16-13(17)10(2)20-9-11-6-5-7-12(8-11)19-3/h5-8,10H,4,9H2,1-3H3,(H2,15,16,17,18). The number of nitrogens with one attached hydrogen (secondary N) is 2. The molecule has 1 atom stereocenters. The Morgan fingerprint density at radius 1 is 1.40 bits per heavy atom. The first-order chi connectivity index (χ1) is 9.56. The summed E-state index contributed by atoms with van der Waals surface area (Å²) in [6, 6.07) is 7.24. The van der Waals surface area contributed by atoms with Crippen LogP contribution in [-0.2, 0) is 10.5 Å². The number of ether oxygens (including phenoxy) is 1. The van der Waals surface area contributed by atoms with E-state index in [9.17, 15) is 9.59 Å². The van der Waals surface area contributed by atoms with E-state index in [0.29, 0.717) is 12.3 Å². The lowest BCUT2D eigenvalue weighted by atomic mass is 10.2. The zero-order valence-electron chi connectivity index (χ0n) is 11.9. The maximum Gasteiger partial charge on any atom is 0.321 e. The predicted octanol–water partition coefficient (Wildman–Crippen LogP) is 2.16. The lowest BCUT2D eigenvalue weighted by Crippen LogP contribution is -2.42. The van der Waals surface area contributed by atoms with E-state index in [0.717, 1.165) is 11.3 Å². The highest BCUT2D eigenvalue weighted by atomic mass is 32.2. The second kappa shape index (κ2) is 8.47. The maximum absolute atomic E-state index is 11.8. The molecule has 0 saturated heterocycles. The molecule has 0 saturated carbocycles. The fourth-order valence-corrected chi connectivity index (χ4v) is 2.31. The van der Waals surface area contributed by atoms with E-state index < -0.39 is 6.03 Å². The SMILES string of the molecule is CCNC(=O)NC(=O)C(C)SCc1cccc(OC)c1. The van der Waals surface area contributed by atoms with Crippen LogP contribution in [0.25, 0.3) is 0 Å². The minimum absolute atomic E-state index is 0.288. The zero-order chi connectivity index (χ0) is 15.0. The number of benzene rings is 1. The molecule has 3 amide bonds. The first kappa shape index (κ1) is 16.4. The van der Waals surface area contributed by atoms with Crippen LogP contribution >= 0.6 is 11.8 Å². The summed E-state index contributed by atoms with van der Waals surface area (Å²) in [5.41, 5.74) is 1.08. The summed E-state index contributed by atoms with van der Waals surface area (Å²) in [5.74, 6) is 1.19.